The minimum absolute atomic E-state index is 0.0153. The Morgan fingerprint density at radius 3 is 3.11 bits per heavy atom. The number of Topliss-reactive ketones (excluding diaryl/α,β-unsaturated/α-hetero) is 1. The first-order valence-electron chi connectivity index (χ1n) is 6.43. The lowest BCUT2D eigenvalue weighted by molar-refractivity contribution is -0.0921. The lowest BCUT2D eigenvalue weighted by atomic mass is 9.82. The van der Waals surface area contributed by atoms with E-state index in [1.54, 1.807) is 17.0 Å². The monoisotopic (exact) mass is 250 g/mol. The van der Waals surface area contributed by atoms with Gasteiger partial charge in [0.2, 0.25) is 5.78 Å². The number of hydrogen-bond donors (Lipinski definition) is 0. The molecule has 3 heterocycles. The van der Waals surface area contributed by atoms with Gasteiger partial charge in [0, 0.05) is 45.0 Å². The summed E-state index contributed by atoms with van der Waals surface area (Å²) in [5.41, 5.74) is -0.219. The second kappa shape index (κ2) is 4.48. The zero-order valence-corrected chi connectivity index (χ0v) is 10.6. The highest BCUT2D eigenvalue weighted by molar-refractivity contribution is 5.94. The van der Waals surface area contributed by atoms with Gasteiger partial charge in [-0.1, -0.05) is 0 Å². The summed E-state index contributed by atoms with van der Waals surface area (Å²) in [4.78, 5) is 16.6. The minimum atomic E-state index is -0.219. The van der Waals surface area contributed by atoms with Crippen LogP contribution in [0.25, 0.3) is 0 Å². The average molecular weight is 250 g/mol. The fourth-order valence-electron chi connectivity index (χ4n) is 2.90. The van der Waals surface area contributed by atoms with E-state index in [0.29, 0.717) is 19.0 Å². The van der Waals surface area contributed by atoms with Gasteiger partial charge in [-0.3, -0.25) is 4.79 Å². The smallest absolute Gasteiger partial charge is 0.201 e. The van der Waals surface area contributed by atoms with Crippen molar-refractivity contribution in [1.82, 2.24) is 9.55 Å². The number of carbonyl (C=O) groups excluding carboxylic acids is 1. The predicted octanol–water partition coefficient (Wildman–Crippen LogP) is 1.19. The molecule has 1 aromatic rings. The number of imidazole rings is 1. The largest absolute Gasteiger partial charge is 0.378 e. The lowest BCUT2D eigenvalue weighted by Gasteiger charge is -2.36. The first kappa shape index (κ1) is 11.9. The van der Waals surface area contributed by atoms with Gasteiger partial charge < -0.3 is 14.0 Å². The van der Waals surface area contributed by atoms with Gasteiger partial charge in [-0.15, -0.1) is 0 Å². The van der Waals surface area contributed by atoms with E-state index in [9.17, 15) is 4.79 Å². The van der Waals surface area contributed by atoms with Crippen LogP contribution in [0.4, 0.5) is 0 Å². The van der Waals surface area contributed by atoms with Crippen molar-refractivity contribution in [2.45, 2.75) is 24.9 Å². The molecule has 98 valence electrons. The highest BCUT2D eigenvalue weighted by Gasteiger charge is 2.43. The number of nitrogens with zero attached hydrogens (tertiary/aromatic N) is 2. The predicted molar refractivity (Wildman–Crippen MR) is 64.4 cm³/mol. The normalized spacial score (nSPS) is 31.9. The molecule has 0 aromatic carbocycles. The van der Waals surface area contributed by atoms with Crippen molar-refractivity contribution in [3.05, 3.63) is 18.2 Å². The Morgan fingerprint density at radius 2 is 2.44 bits per heavy atom. The van der Waals surface area contributed by atoms with Crippen molar-refractivity contribution in [3.63, 3.8) is 0 Å². The number of carbonyl (C=O) groups is 1. The molecular formula is C13H18N2O3. The lowest BCUT2D eigenvalue weighted by Crippen LogP contribution is -2.42. The molecular weight excluding hydrogens is 232 g/mol. The number of aryl methyl sites for hydroxylation is 1. The molecule has 2 aliphatic heterocycles. The number of ketones is 1. The summed E-state index contributed by atoms with van der Waals surface area (Å²) < 4.78 is 13.1. The van der Waals surface area contributed by atoms with Crippen molar-refractivity contribution >= 4 is 5.78 Å². The van der Waals surface area contributed by atoms with E-state index < -0.39 is 0 Å². The third kappa shape index (κ3) is 1.97. The Bertz CT molecular complexity index is 449. The molecule has 3 rings (SSSR count). The van der Waals surface area contributed by atoms with Crippen LogP contribution in [0.15, 0.2) is 12.4 Å². The number of hydrogen-bond acceptors (Lipinski definition) is 4. The topological polar surface area (TPSA) is 53.4 Å². The molecule has 0 amide bonds. The Kier molecular flexibility index (Phi) is 2.95. The SMILES string of the molecule is Cn1ccnc1C(=O)C1CCOC2(CCOC2)C1. The van der Waals surface area contributed by atoms with E-state index in [1.807, 2.05) is 7.05 Å². The molecule has 2 unspecified atom stereocenters. The quantitative estimate of drug-likeness (QED) is 0.740. The summed E-state index contributed by atoms with van der Waals surface area (Å²) in [6.45, 7) is 2.00. The summed E-state index contributed by atoms with van der Waals surface area (Å²) in [6.07, 6.45) is 5.92. The second-order valence-corrected chi connectivity index (χ2v) is 5.25. The zero-order chi connectivity index (χ0) is 12.6. The molecule has 2 fully saturated rings. The van der Waals surface area contributed by atoms with Crippen molar-refractivity contribution in [2.24, 2.45) is 13.0 Å². The van der Waals surface area contributed by atoms with Crippen LogP contribution in [-0.2, 0) is 16.5 Å². The van der Waals surface area contributed by atoms with Crippen LogP contribution < -0.4 is 0 Å². The summed E-state index contributed by atoms with van der Waals surface area (Å²) in [7, 11) is 1.86. The van der Waals surface area contributed by atoms with E-state index in [1.165, 1.54) is 0 Å². The molecule has 2 saturated heterocycles. The third-order valence-electron chi connectivity index (χ3n) is 3.97. The van der Waals surface area contributed by atoms with Gasteiger partial charge in [-0.25, -0.2) is 4.98 Å². The molecule has 0 N–H and O–H groups in total. The first-order chi connectivity index (χ1) is 8.70. The second-order valence-electron chi connectivity index (χ2n) is 5.25. The maximum atomic E-state index is 12.4. The van der Waals surface area contributed by atoms with Crippen LogP contribution in [0.5, 0.6) is 0 Å². The molecule has 0 saturated carbocycles. The highest BCUT2D eigenvalue weighted by atomic mass is 16.6. The fourth-order valence-corrected chi connectivity index (χ4v) is 2.90. The van der Waals surface area contributed by atoms with Crippen LogP contribution >= 0.6 is 0 Å². The molecule has 0 aliphatic carbocycles. The Hall–Kier alpha value is -1.20. The molecule has 0 bridgehead atoms. The number of ether oxygens (including phenoxy) is 2. The van der Waals surface area contributed by atoms with E-state index in [4.69, 9.17) is 9.47 Å². The molecule has 2 aliphatic rings. The van der Waals surface area contributed by atoms with Crippen LogP contribution in [0.2, 0.25) is 0 Å². The van der Waals surface area contributed by atoms with Crippen molar-refractivity contribution in [2.75, 3.05) is 19.8 Å². The van der Waals surface area contributed by atoms with E-state index in [2.05, 4.69) is 4.98 Å². The van der Waals surface area contributed by atoms with Gasteiger partial charge in [0.25, 0.3) is 0 Å². The summed E-state index contributed by atoms with van der Waals surface area (Å²) in [6, 6.07) is 0. The molecule has 18 heavy (non-hydrogen) atoms. The molecule has 0 radical (unpaired) electrons. The average Bonchev–Trinajstić information content (AvgIpc) is 2.98. The third-order valence-corrected chi connectivity index (χ3v) is 3.97. The van der Waals surface area contributed by atoms with E-state index in [0.717, 1.165) is 25.9 Å². The van der Waals surface area contributed by atoms with Gasteiger partial charge in [-0.2, -0.15) is 0 Å². The maximum absolute atomic E-state index is 12.4. The molecule has 5 nitrogen and oxygen atoms in total. The molecule has 5 heteroatoms. The van der Waals surface area contributed by atoms with Crippen LogP contribution in [0.1, 0.15) is 29.9 Å². The van der Waals surface area contributed by atoms with Gasteiger partial charge in [-0.05, 0) is 12.8 Å². The van der Waals surface area contributed by atoms with E-state index >= 15 is 0 Å². The standard InChI is InChI=1S/C13H18N2O3/c1-15-5-4-14-12(15)11(16)10-2-6-18-13(8-10)3-7-17-9-13/h4-5,10H,2-3,6-9H2,1H3. The van der Waals surface area contributed by atoms with Gasteiger partial charge in [0.05, 0.1) is 12.2 Å². The minimum Gasteiger partial charge on any atom is -0.378 e. The summed E-state index contributed by atoms with van der Waals surface area (Å²) in [5, 5.41) is 0. The first-order valence-corrected chi connectivity index (χ1v) is 6.43. The van der Waals surface area contributed by atoms with Gasteiger partial charge in [0.15, 0.2) is 5.82 Å². The zero-order valence-electron chi connectivity index (χ0n) is 10.6. The van der Waals surface area contributed by atoms with Gasteiger partial charge >= 0.3 is 0 Å². The van der Waals surface area contributed by atoms with Crippen molar-refractivity contribution in [1.29, 1.82) is 0 Å². The Morgan fingerprint density at radius 1 is 1.56 bits per heavy atom. The fraction of sp³-hybridized carbons (Fsp3) is 0.692. The maximum Gasteiger partial charge on any atom is 0.201 e. The number of aromatic nitrogens is 2. The van der Waals surface area contributed by atoms with Crippen LogP contribution in [0, 0.1) is 5.92 Å². The molecule has 1 spiro atoms. The summed E-state index contributed by atoms with van der Waals surface area (Å²) >= 11 is 0. The van der Waals surface area contributed by atoms with Crippen molar-refractivity contribution in [3.8, 4) is 0 Å². The molecule has 2 atom stereocenters. The molecule has 1 aromatic heterocycles. The highest BCUT2D eigenvalue weighted by Crippen LogP contribution is 2.36. The van der Waals surface area contributed by atoms with Crippen LogP contribution in [-0.4, -0.2) is 40.8 Å². The van der Waals surface area contributed by atoms with Gasteiger partial charge in [0.1, 0.15) is 0 Å². The van der Waals surface area contributed by atoms with E-state index in [-0.39, 0.29) is 17.3 Å². The number of rotatable bonds is 2. The summed E-state index contributed by atoms with van der Waals surface area (Å²) in [5.74, 6) is 0.703. The van der Waals surface area contributed by atoms with Crippen LogP contribution in [0.3, 0.4) is 0 Å². The Balaban J connectivity index is 1.76. The Labute approximate surface area is 106 Å². The van der Waals surface area contributed by atoms with Crippen molar-refractivity contribution < 1.29 is 14.3 Å².